The maximum absolute atomic E-state index is 15.0. The van der Waals surface area contributed by atoms with Crippen molar-refractivity contribution < 1.29 is 23.0 Å². The van der Waals surface area contributed by atoms with Gasteiger partial charge in [0, 0.05) is 17.8 Å². The SMILES string of the molecule is CCOC(=O)C(F)c1c(-c2ccnc(OC)c2)cc(F)cc1C(C)C. The summed E-state index contributed by atoms with van der Waals surface area (Å²) < 4.78 is 39.0. The Hall–Kier alpha value is -2.50. The van der Waals surface area contributed by atoms with E-state index < -0.39 is 18.0 Å². The molecule has 0 bridgehead atoms. The zero-order chi connectivity index (χ0) is 18.6. The van der Waals surface area contributed by atoms with Crippen molar-refractivity contribution in [3.05, 3.63) is 47.4 Å². The van der Waals surface area contributed by atoms with Crippen molar-refractivity contribution in [3.8, 4) is 17.0 Å². The molecule has 0 fully saturated rings. The van der Waals surface area contributed by atoms with Gasteiger partial charge in [0.05, 0.1) is 13.7 Å². The molecule has 134 valence electrons. The lowest BCUT2D eigenvalue weighted by Crippen LogP contribution is -2.15. The van der Waals surface area contributed by atoms with Crippen LogP contribution in [0.25, 0.3) is 11.1 Å². The van der Waals surface area contributed by atoms with Crippen LogP contribution in [0.15, 0.2) is 30.5 Å². The van der Waals surface area contributed by atoms with Gasteiger partial charge in [-0.25, -0.2) is 18.6 Å². The maximum Gasteiger partial charge on any atom is 0.345 e. The van der Waals surface area contributed by atoms with Crippen molar-refractivity contribution in [3.63, 3.8) is 0 Å². The van der Waals surface area contributed by atoms with Gasteiger partial charge in [-0.05, 0) is 47.7 Å². The Kier molecular flexibility index (Phi) is 6.07. The molecule has 25 heavy (non-hydrogen) atoms. The lowest BCUT2D eigenvalue weighted by molar-refractivity contribution is -0.149. The second-order valence-corrected chi connectivity index (χ2v) is 5.81. The number of aromatic nitrogens is 1. The van der Waals surface area contributed by atoms with Crippen LogP contribution in [0.2, 0.25) is 0 Å². The number of rotatable bonds is 6. The molecule has 0 spiro atoms. The molecule has 0 saturated heterocycles. The van der Waals surface area contributed by atoms with E-state index in [0.717, 1.165) is 0 Å². The molecule has 1 atom stereocenters. The normalized spacial score (nSPS) is 12.1. The van der Waals surface area contributed by atoms with Gasteiger partial charge in [0.25, 0.3) is 0 Å². The van der Waals surface area contributed by atoms with Crippen molar-refractivity contribution >= 4 is 5.97 Å². The number of pyridine rings is 1. The molecule has 1 heterocycles. The van der Waals surface area contributed by atoms with Crippen LogP contribution in [0.3, 0.4) is 0 Å². The quantitative estimate of drug-likeness (QED) is 0.716. The van der Waals surface area contributed by atoms with Crippen molar-refractivity contribution in [2.45, 2.75) is 32.9 Å². The van der Waals surface area contributed by atoms with Crippen LogP contribution in [0.5, 0.6) is 5.88 Å². The van der Waals surface area contributed by atoms with Gasteiger partial charge in [-0.15, -0.1) is 0 Å². The van der Waals surface area contributed by atoms with E-state index in [1.54, 1.807) is 19.1 Å². The van der Waals surface area contributed by atoms with E-state index in [0.29, 0.717) is 17.0 Å². The summed E-state index contributed by atoms with van der Waals surface area (Å²) in [6.45, 7) is 5.29. The Morgan fingerprint density at radius 2 is 2.00 bits per heavy atom. The molecule has 1 aromatic carbocycles. The summed E-state index contributed by atoms with van der Waals surface area (Å²) in [7, 11) is 1.45. The fourth-order valence-electron chi connectivity index (χ4n) is 2.66. The monoisotopic (exact) mass is 349 g/mol. The Balaban J connectivity index is 2.70. The minimum absolute atomic E-state index is 0.0654. The van der Waals surface area contributed by atoms with Crippen LogP contribution in [0.4, 0.5) is 8.78 Å². The van der Waals surface area contributed by atoms with Gasteiger partial charge < -0.3 is 9.47 Å². The van der Waals surface area contributed by atoms with Gasteiger partial charge in [-0.3, -0.25) is 0 Å². The number of nitrogens with zero attached hydrogens (tertiary/aromatic N) is 1. The number of carbonyl (C=O) groups excluding carboxylic acids is 1. The molecule has 0 aliphatic carbocycles. The fraction of sp³-hybridized carbons (Fsp3) is 0.368. The van der Waals surface area contributed by atoms with Crippen LogP contribution in [-0.2, 0) is 9.53 Å². The second kappa shape index (κ2) is 8.05. The predicted molar refractivity (Wildman–Crippen MR) is 90.8 cm³/mol. The Labute approximate surface area is 145 Å². The molecule has 1 aromatic heterocycles. The Morgan fingerprint density at radius 1 is 1.28 bits per heavy atom. The van der Waals surface area contributed by atoms with Gasteiger partial charge in [-0.1, -0.05) is 13.8 Å². The molecule has 0 amide bonds. The van der Waals surface area contributed by atoms with Crippen LogP contribution >= 0.6 is 0 Å². The molecule has 0 aliphatic rings. The summed E-state index contributed by atoms with van der Waals surface area (Å²) in [6.07, 6.45) is -0.526. The van der Waals surface area contributed by atoms with E-state index in [1.165, 1.54) is 25.4 Å². The van der Waals surface area contributed by atoms with Crippen LogP contribution in [0.1, 0.15) is 44.0 Å². The van der Waals surface area contributed by atoms with E-state index in [9.17, 15) is 13.6 Å². The highest BCUT2D eigenvalue weighted by atomic mass is 19.1. The first-order valence-corrected chi connectivity index (χ1v) is 8.03. The molecule has 0 aliphatic heterocycles. The molecule has 0 N–H and O–H groups in total. The highest BCUT2D eigenvalue weighted by Gasteiger charge is 2.29. The summed E-state index contributed by atoms with van der Waals surface area (Å²) in [5, 5.41) is 0. The molecular weight excluding hydrogens is 328 g/mol. The Bertz CT molecular complexity index is 762. The molecule has 6 heteroatoms. The number of methoxy groups -OCH3 is 1. The highest BCUT2D eigenvalue weighted by molar-refractivity contribution is 5.82. The van der Waals surface area contributed by atoms with Crippen LogP contribution in [0, 0.1) is 5.82 Å². The molecule has 0 radical (unpaired) electrons. The van der Waals surface area contributed by atoms with Gasteiger partial charge in [0.2, 0.25) is 12.1 Å². The fourth-order valence-corrected chi connectivity index (χ4v) is 2.66. The first-order chi connectivity index (χ1) is 11.9. The average Bonchev–Trinajstić information content (AvgIpc) is 2.60. The summed E-state index contributed by atoms with van der Waals surface area (Å²) >= 11 is 0. The van der Waals surface area contributed by atoms with E-state index >= 15 is 0 Å². The molecule has 2 rings (SSSR count). The van der Waals surface area contributed by atoms with Crippen molar-refractivity contribution in [2.75, 3.05) is 13.7 Å². The third kappa shape index (κ3) is 4.13. The number of hydrogen-bond donors (Lipinski definition) is 0. The average molecular weight is 349 g/mol. The van der Waals surface area contributed by atoms with Crippen molar-refractivity contribution in [2.24, 2.45) is 0 Å². The second-order valence-electron chi connectivity index (χ2n) is 5.81. The van der Waals surface area contributed by atoms with Gasteiger partial charge in [0.1, 0.15) is 5.82 Å². The zero-order valence-electron chi connectivity index (χ0n) is 14.7. The summed E-state index contributed by atoms with van der Waals surface area (Å²) in [5.74, 6) is -1.36. The summed E-state index contributed by atoms with van der Waals surface area (Å²) in [5.41, 5.74) is 1.33. The number of benzene rings is 1. The third-order valence-electron chi connectivity index (χ3n) is 3.80. The predicted octanol–water partition coefficient (Wildman–Crippen LogP) is 4.59. The standard InChI is InChI=1S/C19H21F2NO3/c1-5-25-19(23)18(21)17-14(11(2)3)9-13(20)10-15(17)12-6-7-22-16(8-12)24-4/h6-11,18H,5H2,1-4H3. The number of halogens is 2. The van der Waals surface area contributed by atoms with Crippen molar-refractivity contribution in [1.82, 2.24) is 4.98 Å². The minimum atomic E-state index is -2.01. The Morgan fingerprint density at radius 3 is 2.60 bits per heavy atom. The smallest absolute Gasteiger partial charge is 0.345 e. The topological polar surface area (TPSA) is 48.4 Å². The number of hydrogen-bond acceptors (Lipinski definition) is 4. The largest absolute Gasteiger partial charge is 0.481 e. The van der Waals surface area contributed by atoms with Gasteiger partial charge in [-0.2, -0.15) is 0 Å². The van der Waals surface area contributed by atoms with Crippen molar-refractivity contribution in [1.29, 1.82) is 0 Å². The van der Waals surface area contributed by atoms with E-state index in [1.807, 2.05) is 13.8 Å². The zero-order valence-corrected chi connectivity index (χ0v) is 14.7. The summed E-state index contributed by atoms with van der Waals surface area (Å²) in [6, 6.07) is 5.65. The first-order valence-electron chi connectivity index (χ1n) is 8.03. The van der Waals surface area contributed by atoms with Gasteiger partial charge in [0.15, 0.2) is 0 Å². The molecule has 4 nitrogen and oxygen atoms in total. The highest BCUT2D eigenvalue weighted by Crippen LogP contribution is 2.38. The number of ether oxygens (including phenoxy) is 2. The van der Waals surface area contributed by atoms with E-state index in [4.69, 9.17) is 9.47 Å². The van der Waals surface area contributed by atoms with Crippen LogP contribution in [-0.4, -0.2) is 24.7 Å². The summed E-state index contributed by atoms with van der Waals surface area (Å²) in [4.78, 5) is 16.0. The minimum Gasteiger partial charge on any atom is -0.481 e. The molecule has 2 aromatic rings. The third-order valence-corrected chi connectivity index (χ3v) is 3.80. The van der Waals surface area contributed by atoms with Gasteiger partial charge >= 0.3 is 5.97 Å². The van der Waals surface area contributed by atoms with E-state index in [-0.39, 0.29) is 23.7 Å². The molecule has 0 saturated carbocycles. The van der Waals surface area contributed by atoms with E-state index in [2.05, 4.69) is 4.98 Å². The lowest BCUT2D eigenvalue weighted by Gasteiger charge is -2.20. The first kappa shape index (κ1) is 18.8. The molecule has 1 unspecified atom stereocenters. The lowest BCUT2D eigenvalue weighted by atomic mass is 9.87. The maximum atomic E-state index is 15.0. The number of alkyl halides is 1. The number of carbonyl (C=O) groups is 1. The molecular formula is C19H21F2NO3. The number of esters is 1. The van der Waals surface area contributed by atoms with Crippen LogP contribution < -0.4 is 4.74 Å².